The van der Waals surface area contributed by atoms with Gasteiger partial charge in [0, 0.05) is 24.6 Å². The topological polar surface area (TPSA) is 46.9 Å². The quantitative estimate of drug-likeness (QED) is 0.926. The minimum absolute atomic E-state index is 0.244. The number of benzene rings is 1. The minimum atomic E-state index is -2.90. The first-order valence-electron chi connectivity index (χ1n) is 7.88. The highest BCUT2D eigenvalue weighted by Gasteiger charge is 2.61. The van der Waals surface area contributed by atoms with Crippen LogP contribution < -0.4 is 5.32 Å². The number of amides is 1. The summed E-state index contributed by atoms with van der Waals surface area (Å²) in [5.74, 6) is -4.61. The van der Waals surface area contributed by atoms with Crippen molar-refractivity contribution in [2.45, 2.75) is 31.1 Å². The van der Waals surface area contributed by atoms with E-state index in [1.165, 1.54) is 12.1 Å². The molecule has 0 aliphatic heterocycles. The molecular weight excluding hydrogens is 319 g/mol. The molecule has 7 heteroatoms. The number of alkyl halides is 2. The van der Waals surface area contributed by atoms with Crippen LogP contribution in [0.4, 0.5) is 19.0 Å². The van der Waals surface area contributed by atoms with Gasteiger partial charge in [-0.05, 0) is 43.0 Å². The Hall–Kier alpha value is -2.31. The van der Waals surface area contributed by atoms with Crippen LogP contribution in [0.25, 0.3) is 11.3 Å². The number of carbonyl (C=O) groups excluding carboxylic acids is 1. The Labute approximate surface area is 136 Å². The highest BCUT2D eigenvalue weighted by atomic mass is 19.3. The average Bonchev–Trinajstić information content (AvgIpc) is 3.42. The van der Waals surface area contributed by atoms with Crippen molar-refractivity contribution in [3.8, 4) is 11.3 Å². The Bertz CT molecular complexity index is 809. The second-order valence-corrected chi connectivity index (χ2v) is 6.52. The van der Waals surface area contributed by atoms with Gasteiger partial charge in [0.2, 0.25) is 5.91 Å². The van der Waals surface area contributed by atoms with Crippen molar-refractivity contribution in [2.75, 3.05) is 5.32 Å². The van der Waals surface area contributed by atoms with Gasteiger partial charge in [0.05, 0.1) is 5.69 Å². The van der Waals surface area contributed by atoms with E-state index in [1.807, 2.05) is 0 Å². The summed E-state index contributed by atoms with van der Waals surface area (Å²) in [5.41, 5.74) is 2.42. The van der Waals surface area contributed by atoms with Gasteiger partial charge in [-0.1, -0.05) is 0 Å². The molecule has 4 rings (SSSR count). The summed E-state index contributed by atoms with van der Waals surface area (Å²) in [5, 5.41) is 6.88. The SMILES string of the molecule is Cn1nc(NC(=O)[C@H]2CC2(F)F)c(C2CC2)c1-c1ccc(F)cc1. The summed E-state index contributed by atoms with van der Waals surface area (Å²) in [6.07, 6.45) is 1.51. The molecule has 0 saturated heterocycles. The van der Waals surface area contributed by atoms with Gasteiger partial charge in [-0.25, -0.2) is 13.2 Å². The summed E-state index contributed by atoms with van der Waals surface area (Å²) < 4.78 is 41.0. The number of halogens is 3. The number of nitrogens with one attached hydrogen (secondary N) is 1. The fraction of sp³-hybridized carbons (Fsp3) is 0.412. The maximum absolute atomic E-state index is 13.2. The molecule has 0 unspecified atom stereocenters. The van der Waals surface area contributed by atoms with Gasteiger partial charge in [0.1, 0.15) is 11.7 Å². The third-order valence-electron chi connectivity index (χ3n) is 4.57. The Balaban J connectivity index is 1.69. The normalized spacial score (nSPS) is 21.6. The van der Waals surface area contributed by atoms with Crippen molar-refractivity contribution in [3.63, 3.8) is 0 Å². The third-order valence-corrected chi connectivity index (χ3v) is 4.57. The van der Waals surface area contributed by atoms with E-state index in [0.717, 1.165) is 29.7 Å². The van der Waals surface area contributed by atoms with Gasteiger partial charge in [-0.15, -0.1) is 0 Å². The zero-order chi connectivity index (χ0) is 17.1. The predicted octanol–water partition coefficient (Wildman–Crippen LogP) is 3.70. The largest absolute Gasteiger partial charge is 0.309 e. The molecule has 1 aromatic heterocycles. The van der Waals surface area contributed by atoms with Crippen LogP contribution >= 0.6 is 0 Å². The van der Waals surface area contributed by atoms with Crippen LogP contribution in [0.2, 0.25) is 0 Å². The lowest BCUT2D eigenvalue weighted by atomic mass is 10.0. The van der Waals surface area contributed by atoms with Crippen LogP contribution in [0.3, 0.4) is 0 Å². The molecule has 1 atom stereocenters. The number of carbonyl (C=O) groups is 1. The maximum Gasteiger partial charge on any atom is 0.260 e. The van der Waals surface area contributed by atoms with Crippen molar-refractivity contribution in [1.29, 1.82) is 0 Å². The number of hydrogen-bond donors (Lipinski definition) is 1. The molecule has 126 valence electrons. The van der Waals surface area contributed by atoms with Crippen molar-refractivity contribution in [3.05, 3.63) is 35.6 Å². The first-order chi connectivity index (χ1) is 11.4. The predicted molar refractivity (Wildman–Crippen MR) is 82.3 cm³/mol. The lowest BCUT2D eigenvalue weighted by molar-refractivity contribution is -0.119. The third kappa shape index (κ3) is 2.57. The molecule has 24 heavy (non-hydrogen) atoms. The Morgan fingerprint density at radius 3 is 2.46 bits per heavy atom. The summed E-state index contributed by atoms with van der Waals surface area (Å²) >= 11 is 0. The molecule has 4 nitrogen and oxygen atoms in total. The first-order valence-corrected chi connectivity index (χ1v) is 7.88. The van der Waals surface area contributed by atoms with E-state index in [9.17, 15) is 18.0 Å². The Kier molecular flexibility index (Phi) is 3.23. The molecule has 0 bridgehead atoms. The molecule has 0 radical (unpaired) electrons. The summed E-state index contributed by atoms with van der Waals surface area (Å²) in [7, 11) is 1.73. The van der Waals surface area contributed by atoms with Crippen molar-refractivity contribution < 1.29 is 18.0 Å². The van der Waals surface area contributed by atoms with Crippen LogP contribution in [0.1, 0.15) is 30.7 Å². The fourth-order valence-electron chi connectivity index (χ4n) is 3.04. The Morgan fingerprint density at radius 1 is 1.29 bits per heavy atom. The van der Waals surface area contributed by atoms with Crippen molar-refractivity contribution in [2.24, 2.45) is 13.0 Å². The number of aromatic nitrogens is 2. The van der Waals surface area contributed by atoms with E-state index in [1.54, 1.807) is 23.9 Å². The van der Waals surface area contributed by atoms with E-state index < -0.39 is 24.2 Å². The molecule has 2 saturated carbocycles. The molecule has 2 aliphatic rings. The molecule has 2 aromatic rings. The van der Waals surface area contributed by atoms with Crippen LogP contribution in [0, 0.1) is 11.7 Å². The molecule has 1 heterocycles. The average molecular weight is 335 g/mol. The zero-order valence-corrected chi connectivity index (χ0v) is 13.0. The maximum atomic E-state index is 13.2. The lowest BCUT2D eigenvalue weighted by Gasteiger charge is -2.07. The summed E-state index contributed by atoms with van der Waals surface area (Å²) in [6.45, 7) is 0. The second-order valence-electron chi connectivity index (χ2n) is 6.52. The molecule has 1 amide bonds. The van der Waals surface area contributed by atoms with Gasteiger partial charge in [0.15, 0.2) is 5.82 Å². The van der Waals surface area contributed by atoms with Crippen molar-refractivity contribution >= 4 is 11.7 Å². The first kappa shape index (κ1) is 15.2. The van der Waals surface area contributed by atoms with Gasteiger partial charge in [0.25, 0.3) is 5.92 Å². The number of rotatable bonds is 4. The number of anilines is 1. The lowest BCUT2D eigenvalue weighted by Crippen LogP contribution is -2.18. The van der Waals surface area contributed by atoms with Crippen LogP contribution in [0.15, 0.2) is 24.3 Å². The number of nitrogens with zero attached hydrogens (tertiary/aromatic N) is 2. The van der Waals surface area contributed by atoms with Crippen LogP contribution in [-0.2, 0) is 11.8 Å². The zero-order valence-electron chi connectivity index (χ0n) is 13.0. The number of hydrogen-bond acceptors (Lipinski definition) is 2. The van der Waals surface area contributed by atoms with Crippen molar-refractivity contribution in [1.82, 2.24) is 9.78 Å². The monoisotopic (exact) mass is 335 g/mol. The van der Waals surface area contributed by atoms with E-state index in [-0.39, 0.29) is 11.7 Å². The van der Waals surface area contributed by atoms with Crippen LogP contribution in [-0.4, -0.2) is 21.6 Å². The van der Waals surface area contributed by atoms with Gasteiger partial charge in [-0.2, -0.15) is 5.10 Å². The summed E-state index contributed by atoms with van der Waals surface area (Å²) in [4.78, 5) is 12.0. The van der Waals surface area contributed by atoms with Gasteiger partial charge >= 0.3 is 0 Å². The summed E-state index contributed by atoms with van der Waals surface area (Å²) in [6, 6.07) is 6.03. The molecule has 2 aliphatic carbocycles. The van der Waals surface area contributed by atoms with E-state index in [0.29, 0.717) is 5.82 Å². The number of aryl methyl sites for hydroxylation is 1. The Morgan fingerprint density at radius 2 is 1.92 bits per heavy atom. The smallest absolute Gasteiger partial charge is 0.260 e. The fourth-order valence-corrected chi connectivity index (χ4v) is 3.04. The van der Waals surface area contributed by atoms with E-state index >= 15 is 0 Å². The highest BCUT2D eigenvalue weighted by molar-refractivity contribution is 5.96. The molecule has 2 fully saturated rings. The van der Waals surface area contributed by atoms with Gasteiger partial charge < -0.3 is 5.32 Å². The highest BCUT2D eigenvalue weighted by Crippen LogP contribution is 2.51. The van der Waals surface area contributed by atoms with E-state index in [4.69, 9.17) is 0 Å². The second kappa shape index (κ2) is 5.09. The molecule has 1 aromatic carbocycles. The molecule has 0 spiro atoms. The minimum Gasteiger partial charge on any atom is -0.309 e. The molecule has 1 N–H and O–H groups in total. The van der Waals surface area contributed by atoms with E-state index in [2.05, 4.69) is 10.4 Å². The standard InChI is InChI=1S/C17H16F3N3O/c1-23-14(10-4-6-11(18)7-5-10)13(9-2-3-9)15(22-23)21-16(24)12-8-17(12,19)20/h4-7,9,12H,2-3,8H2,1H3,(H,21,22,24)/t12-/m1/s1. The van der Waals surface area contributed by atoms with Crippen LogP contribution in [0.5, 0.6) is 0 Å². The molecular formula is C17H16F3N3O. The van der Waals surface area contributed by atoms with Gasteiger partial charge in [-0.3, -0.25) is 9.48 Å².